The molecular weight excluding hydrogens is 460 g/mol. The van der Waals surface area contributed by atoms with Crippen LogP contribution in [0.2, 0.25) is 0 Å². The van der Waals surface area contributed by atoms with E-state index in [2.05, 4.69) is 6.08 Å². The van der Waals surface area contributed by atoms with Gasteiger partial charge in [0.25, 0.3) is 0 Å². The maximum absolute atomic E-state index is 14.8. The Morgan fingerprint density at radius 2 is 1.69 bits per heavy atom. The fraction of sp³-hybridized carbons (Fsp3) is 0.276. The van der Waals surface area contributed by atoms with Crippen LogP contribution in [0.15, 0.2) is 66.2 Å². The van der Waals surface area contributed by atoms with Crippen LogP contribution in [0.3, 0.4) is 0 Å². The molecule has 5 nitrogen and oxygen atoms in total. The predicted molar refractivity (Wildman–Crippen MR) is 137 cm³/mol. The number of nitrogens with two attached hydrogens (primary N) is 1. The molecule has 3 aromatic rings. The molecule has 1 saturated heterocycles. The molecule has 186 valence electrons. The van der Waals surface area contributed by atoms with Crippen LogP contribution in [0.1, 0.15) is 35.1 Å². The van der Waals surface area contributed by atoms with E-state index in [0.29, 0.717) is 43.0 Å². The Morgan fingerprint density at radius 3 is 2.44 bits per heavy atom. The smallest absolute Gasteiger partial charge is 0.410 e. The fourth-order valence-corrected chi connectivity index (χ4v) is 4.95. The van der Waals surface area contributed by atoms with E-state index in [9.17, 15) is 13.6 Å². The van der Waals surface area contributed by atoms with Gasteiger partial charge in [0, 0.05) is 30.9 Å². The van der Waals surface area contributed by atoms with Gasteiger partial charge in [-0.1, -0.05) is 48.0 Å². The first-order valence-electron chi connectivity index (χ1n) is 12.2. The van der Waals surface area contributed by atoms with Gasteiger partial charge in [-0.05, 0) is 60.2 Å². The van der Waals surface area contributed by atoms with E-state index in [1.807, 2.05) is 41.3 Å². The summed E-state index contributed by atoms with van der Waals surface area (Å²) in [6.07, 6.45) is 3.87. The predicted octanol–water partition coefficient (Wildman–Crippen LogP) is 5.93. The number of anilines is 2. The summed E-state index contributed by atoms with van der Waals surface area (Å²) >= 11 is 0. The first-order chi connectivity index (χ1) is 17.5. The highest BCUT2D eigenvalue weighted by Crippen LogP contribution is 2.31. The van der Waals surface area contributed by atoms with Crippen molar-refractivity contribution in [1.82, 2.24) is 4.90 Å². The van der Waals surface area contributed by atoms with E-state index < -0.39 is 6.09 Å². The number of fused-ring (bicyclic) bond motifs is 1. The van der Waals surface area contributed by atoms with Crippen molar-refractivity contribution in [1.29, 1.82) is 0 Å². The van der Waals surface area contributed by atoms with Gasteiger partial charge in [-0.3, -0.25) is 0 Å². The zero-order valence-corrected chi connectivity index (χ0v) is 20.1. The summed E-state index contributed by atoms with van der Waals surface area (Å²) in [5.74, 6) is -0.608. The zero-order valence-electron chi connectivity index (χ0n) is 20.1. The number of carbonyl (C=O) groups excluding carboxylic acids is 1. The average molecular weight is 490 g/mol. The molecule has 2 N–H and O–H groups in total. The minimum absolute atomic E-state index is 0.189. The van der Waals surface area contributed by atoms with Crippen molar-refractivity contribution in [2.75, 3.05) is 30.3 Å². The molecule has 0 saturated carbocycles. The van der Waals surface area contributed by atoms with E-state index >= 15 is 0 Å². The summed E-state index contributed by atoms with van der Waals surface area (Å²) in [5.41, 5.74) is 11.3. The monoisotopic (exact) mass is 489 g/mol. The van der Waals surface area contributed by atoms with Gasteiger partial charge in [-0.25, -0.2) is 13.6 Å². The third kappa shape index (κ3) is 5.20. The van der Waals surface area contributed by atoms with Gasteiger partial charge in [-0.2, -0.15) is 0 Å². The number of amides is 1. The molecule has 0 aliphatic carbocycles. The molecule has 0 radical (unpaired) electrons. The lowest BCUT2D eigenvalue weighted by Crippen LogP contribution is -2.37. The lowest BCUT2D eigenvalue weighted by molar-refractivity contribution is 0.0913. The number of benzene rings is 3. The normalized spacial score (nSPS) is 15.4. The minimum Gasteiger partial charge on any atom is -0.445 e. The topological polar surface area (TPSA) is 58.8 Å². The number of hydrogen-bond acceptors (Lipinski definition) is 4. The van der Waals surface area contributed by atoms with E-state index in [0.717, 1.165) is 29.5 Å². The third-order valence-corrected chi connectivity index (χ3v) is 6.93. The largest absolute Gasteiger partial charge is 0.445 e. The quantitative estimate of drug-likeness (QED) is 0.462. The number of halogens is 2. The Hall–Kier alpha value is -3.87. The minimum atomic E-state index is -0.435. The molecule has 1 amide bonds. The summed E-state index contributed by atoms with van der Waals surface area (Å²) in [7, 11) is 0. The summed E-state index contributed by atoms with van der Waals surface area (Å²) in [4.78, 5) is 16.2. The Kier molecular flexibility index (Phi) is 6.89. The number of ether oxygens (including phenoxy) is 1. The number of nitrogens with zero attached hydrogens (tertiary/aromatic N) is 2. The van der Waals surface area contributed by atoms with Crippen LogP contribution < -0.4 is 10.6 Å². The second-order valence-corrected chi connectivity index (χ2v) is 9.31. The molecule has 0 bridgehead atoms. The van der Waals surface area contributed by atoms with Crippen LogP contribution in [-0.4, -0.2) is 30.6 Å². The van der Waals surface area contributed by atoms with Crippen LogP contribution in [0, 0.1) is 11.6 Å². The van der Waals surface area contributed by atoms with Crippen LogP contribution in [-0.2, 0) is 24.3 Å². The summed E-state index contributed by atoms with van der Waals surface area (Å²) in [6.45, 7) is 2.27. The Labute approximate surface area is 209 Å². The Morgan fingerprint density at radius 1 is 0.917 bits per heavy atom. The first kappa shape index (κ1) is 23.9. The van der Waals surface area contributed by atoms with Crippen molar-refractivity contribution in [3.8, 4) is 0 Å². The van der Waals surface area contributed by atoms with E-state index in [1.54, 1.807) is 17.0 Å². The molecule has 0 aromatic heterocycles. The molecule has 2 aliphatic rings. The van der Waals surface area contributed by atoms with E-state index in [1.165, 1.54) is 17.7 Å². The van der Waals surface area contributed by atoms with Crippen molar-refractivity contribution >= 4 is 23.5 Å². The fourth-order valence-electron chi connectivity index (χ4n) is 4.95. The van der Waals surface area contributed by atoms with Gasteiger partial charge >= 0.3 is 6.09 Å². The van der Waals surface area contributed by atoms with Crippen molar-refractivity contribution in [2.45, 2.75) is 32.4 Å². The van der Waals surface area contributed by atoms with Crippen molar-refractivity contribution < 1.29 is 18.3 Å². The van der Waals surface area contributed by atoms with E-state index in [-0.39, 0.29) is 24.8 Å². The standard InChI is InChI=1S/C29H29F2N3O2/c30-26-8-6-22(16-20-10-13-33(14-11-20)28-9-7-23(32)17-27(28)31)24-12-15-34(18-25(24)26)29(35)36-19-21-4-2-1-3-5-21/h1-9,16-17H,10-15,18-19,32H2. The molecule has 2 aliphatic heterocycles. The van der Waals surface area contributed by atoms with E-state index in [4.69, 9.17) is 10.5 Å². The molecule has 36 heavy (non-hydrogen) atoms. The number of carbonyl (C=O) groups is 1. The number of nitrogen functional groups attached to an aromatic ring is 1. The molecular formula is C29H29F2N3O2. The molecule has 3 aromatic carbocycles. The molecule has 2 heterocycles. The molecule has 5 rings (SSSR count). The highest BCUT2D eigenvalue weighted by molar-refractivity contribution is 5.69. The molecule has 0 unspecified atom stereocenters. The highest BCUT2D eigenvalue weighted by Gasteiger charge is 2.26. The Balaban J connectivity index is 1.25. The number of piperidine rings is 1. The van der Waals surface area contributed by atoms with Crippen LogP contribution >= 0.6 is 0 Å². The van der Waals surface area contributed by atoms with Crippen molar-refractivity contribution in [3.63, 3.8) is 0 Å². The maximum Gasteiger partial charge on any atom is 0.410 e. The Bertz CT molecular complexity index is 1280. The van der Waals surface area contributed by atoms with Gasteiger partial charge < -0.3 is 20.3 Å². The average Bonchev–Trinajstić information content (AvgIpc) is 2.90. The van der Waals surface area contributed by atoms with Gasteiger partial charge in [0.05, 0.1) is 12.2 Å². The summed E-state index contributed by atoms with van der Waals surface area (Å²) in [6, 6.07) is 17.6. The zero-order chi connectivity index (χ0) is 25.1. The van der Waals surface area contributed by atoms with Crippen LogP contribution in [0.4, 0.5) is 25.0 Å². The molecule has 7 heteroatoms. The van der Waals surface area contributed by atoms with Gasteiger partial charge in [0.1, 0.15) is 18.2 Å². The van der Waals surface area contributed by atoms with Crippen LogP contribution in [0.25, 0.3) is 6.08 Å². The van der Waals surface area contributed by atoms with Crippen molar-refractivity contribution in [3.05, 3.63) is 100 Å². The van der Waals surface area contributed by atoms with Gasteiger partial charge in [-0.15, -0.1) is 0 Å². The van der Waals surface area contributed by atoms with Gasteiger partial charge in [0.15, 0.2) is 0 Å². The van der Waals surface area contributed by atoms with Gasteiger partial charge in [0.2, 0.25) is 0 Å². The maximum atomic E-state index is 14.8. The lowest BCUT2D eigenvalue weighted by Gasteiger charge is -2.31. The van der Waals surface area contributed by atoms with Crippen molar-refractivity contribution in [2.24, 2.45) is 0 Å². The lowest BCUT2D eigenvalue weighted by atomic mass is 9.91. The SMILES string of the molecule is Nc1ccc(N2CCC(=Cc3ccc(F)c4c3CCN(C(=O)OCc3ccccc3)C4)CC2)c(F)c1. The highest BCUT2D eigenvalue weighted by atomic mass is 19.1. The summed E-state index contributed by atoms with van der Waals surface area (Å²) < 4.78 is 34.5. The second kappa shape index (κ2) is 10.4. The number of rotatable bonds is 4. The number of hydrogen-bond donors (Lipinski definition) is 1. The summed E-state index contributed by atoms with van der Waals surface area (Å²) in [5, 5.41) is 0. The third-order valence-electron chi connectivity index (χ3n) is 6.93. The van der Waals surface area contributed by atoms with Crippen LogP contribution in [0.5, 0.6) is 0 Å². The second-order valence-electron chi connectivity index (χ2n) is 9.31. The molecule has 0 atom stereocenters. The molecule has 0 spiro atoms. The molecule has 1 fully saturated rings. The first-order valence-corrected chi connectivity index (χ1v) is 12.2.